The number of rotatable bonds is 4. The van der Waals surface area contributed by atoms with Gasteiger partial charge < -0.3 is 18.9 Å². The third-order valence-electron chi connectivity index (χ3n) is 1.33. The molecule has 1 rings (SSSR count). The summed E-state index contributed by atoms with van der Waals surface area (Å²) in [6.45, 7) is 1.16. The Labute approximate surface area is 65.7 Å². The quantitative estimate of drug-likeness (QED) is 0.600. The van der Waals surface area contributed by atoms with Gasteiger partial charge in [-0.05, 0) is 0 Å². The standard InChI is InChI=1S/C7H12O4/c1-8-3-6-7(4-9-2)11-5-10-6/h3-5H2,1-2H3. The summed E-state index contributed by atoms with van der Waals surface area (Å²) < 4.78 is 20.0. The molecule has 0 radical (unpaired) electrons. The van der Waals surface area contributed by atoms with E-state index in [0.717, 1.165) is 11.5 Å². The fourth-order valence-corrected chi connectivity index (χ4v) is 0.839. The topological polar surface area (TPSA) is 36.9 Å². The van der Waals surface area contributed by atoms with Gasteiger partial charge in [-0.25, -0.2) is 0 Å². The largest absolute Gasteiger partial charge is 0.456 e. The third-order valence-corrected chi connectivity index (χ3v) is 1.33. The third kappa shape index (κ3) is 2.10. The Kier molecular flexibility index (Phi) is 3.19. The molecule has 1 heterocycles. The van der Waals surface area contributed by atoms with E-state index >= 15 is 0 Å². The maximum atomic E-state index is 5.11. The van der Waals surface area contributed by atoms with Crippen molar-refractivity contribution in [2.24, 2.45) is 0 Å². The lowest BCUT2D eigenvalue weighted by Gasteiger charge is -2.00. The molecule has 0 aromatic heterocycles. The average molecular weight is 160 g/mol. The molecule has 0 saturated heterocycles. The SMILES string of the molecule is COCC1=C(COC)OCO1. The molecule has 0 unspecified atom stereocenters. The predicted octanol–water partition coefficient (Wildman–Crippen LogP) is 0.495. The first-order valence-electron chi connectivity index (χ1n) is 3.34. The predicted molar refractivity (Wildman–Crippen MR) is 37.8 cm³/mol. The van der Waals surface area contributed by atoms with Gasteiger partial charge in [0.1, 0.15) is 13.2 Å². The van der Waals surface area contributed by atoms with Gasteiger partial charge >= 0.3 is 0 Å². The van der Waals surface area contributed by atoms with Crippen LogP contribution >= 0.6 is 0 Å². The van der Waals surface area contributed by atoms with Crippen LogP contribution in [0.5, 0.6) is 0 Å². The van der Waals surface area contributed by atoms with Crippen LogP contribution in [0, 0.1) is 0 Å². The Morgan fingerprint density at radius 1 is 1.09 bits per heavy atom. The van der Waals surface area contributed by atoms with E-state index in [2.05, 4.69) is 0 Å². The number of ether oxygens (including phenoxy) is 4. The molecule has 0 amide bonds. The molecule has 0 aromatic rings. The first-order valence-corrected chi connectivity index (χ1v) is 3.34. The maximum absolute atomic E-state index is 5.11. The summed E-state index contributed by atoms with van der Waals surface area (Å²) in [5, 5.41) is 0. The molecule has 64 valence electrons. The summed E-state index contributed by atoms with van der Waals surface area (Å²) in [5.41, 5.74) is 0. The Morgan fingerprint density at radius 3 is 1.91 bits per heavy atom. The van der Waals surface area contributed by atoms with E-state index in [-0.39, 0.29) is 6.79 Å². The molecule has 11 heavy (non-hydrogen) atoms. The van der Waals surface area contributed by atoms with Crippen LogP contribution in [0.15, 0.2) is 11.5 Å². The highest BCUT2D eigenvalue weighted by atomic mass is 16.7. The van der Waals surface area contributed by atoms with E-state index in [1.54, 1.807) is 14.2 Å². The van der Waals surface area contributed by atoms with Crippen molar-refractivity contribution >= 4 is 0 Å². The van der Waals surface area contributed by atoms with Crippen LogP contribution in [0.2, 0.25) is 0 Å². The Bertz CT molecular complexity index is 137. The van der Waals surface area contributed by atoms with Crippen LogP contribution in [0.3, 0.4) is 0 Å². The smallest absolute Gasteiger partial charge is 0.230 e. The molecule has 0 fully saturated rings. The highest BCUT2D eigenvalue weighted by Crippen LogP contribution is 2.16. The van der Waals surface area contributed by atoms with Crippen molar-refractivity contribution in [3.8, 4) is 0 Å². The van der Waals surface area contributed by atoms with E-state index in [0.29, 0.717) is 13.2 Å². The highest BCUT2D eigenvalue weighted by Gasteiger charge is 2.16. The summed E-state index contributed by atoms with van der Waals surface area (Å²) in [4.78, 5) is 0. The average Bonchev–Trinajstić information content (AvgIpc) is 2.39. The minimum Gasteiger partial charge on any atom is -0.456 e. The van der Waals surface area contributed by atoms with Gasteiger partial charge in [-0.15, -0.1) is 0 Å². The summed E-state index contributed by atoms with van der Waals surface area (Å²) in [7, 11) is 3.22. The van der Waals surface area contributed by atoms with E-state index in [9.17, 15) is 0 Å². The Balaban J connectivity index is 2.47. The lowest BCUT2D eigenvalue weighted by Crippen LogP contribution is -2.00. The minimum atomic E-state index is 0.275. The molecule has 4 heteroatoms. The first-order chi connectivity index (χ1) is 5.38. The second kappa shape index (κ2) is 4.20. The lowest BCUT2D eigenvalue weighted by molar-refractivity contribution is 0.0477. The van der Waals surface area contributed by atoms with Crippen molar-refractivity contribution in [2.45, 2.75) is 0 Å². The van der Waals surface area contributed by atoms with Crippen molar-refractivity contribution in [3.05, 3.63) is 11.5 Å². The van der Waals surface area contributed by atoms with E-state index in [4.69, 9.17) is 18.9 Å². The highest BCUT2D eigenvalue weighted by molar-refractivity contribution is 5.05. The number of hydrogen-bond acceptors (Lipinski definition) is 4. The Hall–Kier alpha value is -0.740. The van der Waals surface area contributed by atoms with Crippen molar-refractivity contribution in [1.29, 1.82) is 0 Å². The monoisotopic (exact) mass is 160 g/mol. The second-order valence-electron chi connectivity index (χ2n) is 2.12. The zero-order chi connectivity index (χ0) is 8.10. The van der Waals surface area contributed by atoms with Gasteiger partial charge in [0.2, 0.25) is 6.79 Å². The van der Waals surface area contributed by atoms with Crippen LogP contribution in [0.1, 0.15) is 0 Å². The van der Waals surface area contributed by atoms with Crippen LogP contribution < -0.4 is 0 Å². The fraction of sp³-hybridized carbons (Fsp3) is 0.714. The van der Waals surface area contributed by atoms with Crippen LogP contribution in [-0.2, 0) is 18.9 Å². The number of hydrogen-bond donors (Lipinski definition) is 0. The van der Waals surface area contributed by atoms with Crippen molar-refractivity contribution in [3.63, 3.8) is 0 Å². The van der Waals surface area contributed by atoms with Crippen LogP contribution in [-0.4, -0.2) is 34.2 Å². The summed E-state index contributed by atoms with van der Waals surface area (Å²) in [6.07, 6.45) is 0. The van der Waals surface area contributed by atoms with Gasteiger partial charge in [0.05, 0.1) is 0 Å². The van der Waals surface area contributed by atoms with Gasteiger partial charge in [-0.2, -0.15) is 0 Å². The molecule has 0 saturated carbocycles. The van der Waals surface area contributed by atoms with E-state index < -0.39 is 0 Å². The molecule has 4 nitrogen and oxygen atoms in total. The fourth-order valence-electron chi connectivity index (χ4n) is 0.839. The van der Waals surface area contributed by atoms with E-state index in [1.807, 2.05) is 0 Å². The molecule has 1 aliphatic heterocycles. The molecule has 0 atom stereocenters. The summed E-state index contributed by atoms with van der Waals surface area (Å²) in [6, 6.07) is 0. The molecule has 0 aliphatic carbocycles. The normalized spacial score (nSPS) is 16.5. The van der Waals surface area contributed by atoms with Gasteiger partial charge in [-0.3, -0.25) is 0 Å². The summed E-state index contributed by atoms with van der Waals surface area (Å²) >= 11 is 0. The van der Waals surface area contributed by atoms with Crippen LogP contribution in [0.4, 0.5) is 0 Å². The second-order valence-corrected chi connectivity index (χ2v) is 2.12. The molecule has 0 aromatic carbocycles. The Morgan fingerprint density at radius 2 is 1.55 bits per heavy atom. The van der Waals surface area contributed by atoms with Gasteiger partial charge in [-0.1, -0.05) is 0 Å². The van der Waals surface area contributed by atoms with Gasteiger partial charge in [0.25, 0.3) is 0 Å². The molecule has 0 spiro atoms. The van der Waals surface area contributed by atoms with Crippen molar-refractivity contribution in [2.75, 3.05) is 34.2 Å². The molecule has 0 bridgehead atoms. The maximum Gasteiger partial charge on any atom is 0.230 e. The zero-order valence-corrected chi connectivity index (χ0v) is 6.75. The summed E-state index contributed by atoms with van der Waals surface area (Å²) in [5.74, 6) is 1.46. The van der Waals surface area contributed by atoms with Crippen molar-refractivity contribution < 1.29 is 18.9 Å². The molecule has 1 aliphatic rings. The zero-order valence-electron chi connectivity index (χ0n) is 6.75. The van der Waals surface area contributed by atoms with E-state index in [1.165, 1.54) is 0 Å². The van der Waals surface area contributed by atoms with Gasteiger partial charge in [0.15, 0.2) is 11.5 Å². The van der Waals surface area contributed by atoms with Gasteiger partial charge in [0, 0.05) is 14.2 Å². The lowest BCUT2D eigenvalue weighted by atomic mass is 10.4. The molecular formula is C7H12O4. The minimum absolute atomic E-state index is 0.275. The molecule has 0 N–H and O–H groups in total. The molecular weight excluding hydrogens is 148 g/mol. The van der Waals surface area contributed by atoms with Crippen molar-refractivity contribution in [1.82, 2.24) is 0 Å². The first kappa shape index (κ1) is 8.36. The number of methoxy groups -OCH3 is 2. The van der Waals surface area contributed by atoms with Crippen LogP contribution in [0.25, 0.3) is 0 Å².